The molecule has 1 aliphatic heterocycles. The van der Waals surface area contributed by atoms with Gasteiger partial charge in [0.25, 0.3) is 5.91 Å². The van der Waals surface area contributed by atoms with Crippen molar-refractivity contribution in [1.29, 1.82) is 0 Å². The Morgan fingerprint density at radius 2 is 2.09 bits per heavy atom. The number of halogens is 3. The van der Waals surface area contributed by atoms with Gasteiger partial charge in [-0.25, -0.2) is 0 Å². The molecule has 1 fully saturated rings. The zero-order valence-electron chi connectivity index (χ0n) is 12.8. The van der Waals surface area contributed by atoms with Crippen LogP contribution in [0, 0.1) is 0 Å². The number of carbonyl (C=O) groups is 2. The van der Waals surface area contributed by atoms with Gasteiger partial charge in [-0.05, 0) is 44.4 Å². The van der Waals surface area contributed by atoms with Gasteiger partial charge in [0.2, 0.25) is 5.91 Å². The van der Waals surface area contributed by atoms with Crippen LogP contribution in [0.2, 0.25) is 0 Å². The maximum Gasteiger partial charge on any atom is 0.416 e. The van der Waals surface area contributed by atoms with Gasteiger partial charge in [0.1, 0.15) is 6.04 Å². The van der Waals surface area contributed by atoms with Crippen molar-refractivity contribution in [3.05, 3.63) is 35.4 Å². The quantitative estimate of drug-likeness (QED) is 0.927. The number of likely N-dealkylation sites (N-methyl/N-ethyl adjacent to an activating group) is 1. The lowest BCUT2D eigenvalue weighted by molar-refractivity contribution is -0.137. The predicted octanol–water partition coefficient (Wildman–Crippen LogP) is 2.84. The number of benzene rings is 1. The van der Waals surface area contributed by atoms with Crippen molar-refractivity contribution in [3.8, 4) is 0 Å². The topological polar surface area (TPSA) is 49.4 Å². The Hall–Kier alpha value is -2.05. The first-order valence-corrected chi connectivity index (χ1v) is 7.60. The van der Waals surface area contributed by atoms with Gasteiger partial charge in [0.15, 0.2) is 0 Å². The van der Waals surface area contributed by atoms with Crippen LogP contribution in [-0.2, 0) is 11.0 Å². The van der Waals surface area contributed by atoms with Crippen LogP contribution in [0.15, 0.2) is 24.3 Å². The molecular formula is C16H19F3N2O2. The second kappa shape index (κ2) is 7.02. The van der Waals surface area contributed by atoms with E-state index in [2.05, 4.69) is 5.32 Å². The second-order valence-electron chi connectivity index (χ2n) is 5.52. The first-order valence-electron chi connectivity index (χ1n) is 7.60. The fourth-order valence-electron chi connectivity index (χ4n) is 2.63. The van der Waals surface area contributed by atoms with E-state index in [4.69, 9.17) is 0 Å². The monoisotopic (exact) mass is 328 g/mol. The normalized spacial score (nSPS) is 19.4. The maximum absolute atomic E-state index is 12.7. The minimum atomic E-state index is -4.51. The third kappa shape index (κ3) is 4.24. The lowest BCUT2D eigenvalue weighted by Gasteiger charge is -2.23. The Morgan fingerprint density at radius 1 is 1.35 bits per heavy atom. The van der Waals surface area contributed by atoms with Crippen molar-refractivity contribution < 1.29 is 22.8 Å². The van der Waals surface area contributed by atoms with Crippen LogP contribution in [0.25, 0.3) is 0 Å². The highest BCUT2D eigenvalue weighted by atomic mass is 19.4. The first-order chi connectivity index (χ1) is 10.8. The minimum Gasteiger partial charge on any atom is -0.341 e. The number of carbonyl (C=O) groups excluding carboxylic acids is 2. The van der Waals surface area contributed by atoms with Crippen LogP contribution in [0.1, 0.15) is 42.1 Å². The minimum absolute atomic E-state index is 0.0973. The van der Waals surface area contributed by atoms with Crippen LogP contribution in [0.4, 0.5) is 13.2 Å². The van der Waals surface area contributed by atoms with E-state index in [1.165, 1.54) is 12.1 Å². The van der Waals surface area contributed by atoms with Gasteiger partial charge in [0, 0.05) is 18.7 Å². The summed E-state index contributed by atoms with van der Waals surface area (Å²) in [5.41, 5.74) is -0.979. The second-order valence-corrected chi connectivity index (χ2v) is 5.52. The molecule has 1 aromatic rings. The molecule has 0 bridgehead atoms. The fourth-order valence-corrected chi connectivity index (χ4v) is 2.63. The molecule has 1 aromatic carbocycles. The SMILES string of the molecule is CCN1CCCCC(NC(=O)c2cccc(C(F)(F)F)c2)C1=O. The van der Waals surface area contributed by atoms with Crippen LogP contribution in [-0.4, -0.2) is 35.8 Å². The molecule has 1 atom stereocenters. The summed E-state index contributed by atoms with van der Waals surface area (Å²) in [7, 11) is 0. The summed E-state index contributed by atoms with van der Waals surface area (Å²) in [5, 5.41) is 2.57. The van der Waals surface area contributed by atoms with Crippen molar-refractivity contribution in [2.75, 3.05) is 13.1 Å². The van der Waals surface area contributed by atoms with E-state index in [-0.39, 0.29) is 11.5 Å². The summed E-state index contributed by atoms with van der Waals surface area (Å²) in [4.78, 5) is 26.2. The zero-order chi connectivity index (χ0) is 17.0. The first kappa shape index (κ1) is 17.3. The van der Waals surface area contributed by atoms with Crippen LogP contribution >= 0.6 is 0 Å². The molecular weight excluding hydrogens is 309 g/mol. The van der Waals surface area contributed by atoms with E-state index in [1.54, 1.807) is 4.90 Å². The molecule has 1 N–H and O–H groups in total. The number of nitrogens with zero attached hydrogens (tertiary/aromatic N) is 1. The number of nitrogens with one attached hydrogen (secondary N) is 1. The van der Waals surface area contributed by atoms with Gasteiger partial charge in [-0.2, -0.15) is 13.2 Å². The van der Waals surface area contributed by atoms with Gasteiger partial charge < -0.3 is 10.2 Å². The van der Waals surface area contributed by atoms with Crippen molar-refractivity contribution >= 4 is 11.8 Å². The van der Waals surface area contributed by atoms with Gasteiger partial charge in [-0.1, -0.05) is 6.07 Å². The molecule has 0 saturated carbocycles. The van der Waals surface area contributed by atoms with Crippen molar-refractivity contribution in [3.63, 3.8) is 0 Å². The summed E-state index contributed by atoms with van der Waals surface area (Å²) >= 11 is 0. The van der Waals surface area contributed by atoms with E-state index in [1.807, 2.05) is 6.92 Å². The molecule has 1 saturated heterocycles. The molecule has 0 aliphatic carbocycles. The average Bonchev–Trinajstić information content (AvgIpc) is 2.69. The highest BCUT2D eigenvalue weighted by Crippen LogP contribution is 2.29. The average molecular weight is 328 g/mol. The standard InChI is InChI=1S/C16H19F3N2O2/c1-2-21-9-4-3-8-13(15(21)23)20-14(22)11-6-5-7-12(10-11)16(17,18)19/h5-7,10,13H,2-4,8-9H2,1H3,(H,20,22). The molecule has 4 nitrogen and oxygen atoms in total. The molecule has 1 aliphatic rings. The molecule has 2 amide bonds. The van der Waals surface area contributed by atoms with Gasteiger partial charge in [-0.3, -0.25) is 9.59 Å². The number of rotatable bonds is 3. The highest BCUT2D eigenvalue weighted by Gasteiger charge is 2.32. The number of likely N-dealkylation sites (tertiary alicyclic amines) is 1. The molecule has 0 radical (unpaired) electrons. The van der Waals surface area contributed by atoms with Gasteiger partial charge >= 0.3 is 6.18 Å². The third-order valence-corrected chi connectivity index (χ3v) is 3.92. The Balaban J connectivity index is 2.13. The van der Waals surface area contributed by atoms with E-state index in [0.29, 0.717) is 19.5 Å². The summed E-state index contributed by atoms with van der Waals surface area (Å²) < 4.78 is 38.1. The Kier molecular flexibility index (Phi) is 5.28. The number of hydrogen-bond acceptors (Lipinski definition) is 2. The Bertz CT molecular complexity index is 587. The van der Waals surface area contributed by atoms with Crippen molar-refractivity contribution in [2.24, 2.45) is 0 Å². The molecule has 0 aromatic heterocycles. The molecule has 7 heteroatoms. The maximum atomic E-state index is 12.7. The molecule has 2 rings (SSSR count). The number of alkyl halides is 3. The van der Waals surface area contributed by atoms with E-state index < -0.39 is 23.7 Å². The molecule has 126 valence electrons. The van der Waals surface area contributed by atoms with Gasteiger partial charge in [0.05, 0.1) is 5.56 Å². The van der Waals surface area contributed by atoms with E-state index >= 15 is 0 Å². The molecule has 0 spiro atoms. The predicted molar refractivity (Wildman–Crippen MR) is 78.8 cm³/mol. The summed E-state index contributed by atoms with van der Waals surface area (Å²) in [6.07, 6.45) is -2.36. The lowest BCUT2D eigenvalue weighted by Crippen LogP contribution is -2.47. The van der Waals surface area contributed by atoms with Crippen LogP contribution in [0.3, 0.4) is 0 Å². The summed E-state index contributed by atoms with van der Waals surface area (Å²) in [5.74, 6) is -0.835. The lowest BCUT2D eigenvalue weighted by atomic mass is 10.1. The van der Waals surface area contributed by atoms with Crippen molar-refractivity contribution in [2.45, 2.75) is 38.4 Å². The number of hydrogen-bond donors (Lipinski definition) is 1. The largest absolute Gasteiger partial charge is 0.416 e. The molecule has 1 heterocycles. The van der Waals surface area contributed by atoms with Gasteiger partial charge in [-0.15, -0.1) is 0 Å². The Morgan fingerprint density at radius 3 is 2.74 bits per heavy atom. The summed E-state index contributed by atoms with van der Waals surface area (Å²) in [6.45, 7) is 3.05. The van der Waals surface area contributed by atoms with Crippen LogP contribution in [0.5, 0.6) is 0 Å². The Labute approximate surface area is 132 Å². The fraction of sp³-hybridized carbons (Fsp3) is 0.500. The zero-order valence-corrected chi connectivity index (χ0v) is 12.8. The number of amides is 2. The van der Waals surface area contributed by atoms with Crippen molar-refractivity contribution in [1.82, 2.24) is 10.2 Å². The smallest absolute Gasteiger partial charge is 0.341 e. The highest BCUT2D eigenvalue weighted by molar-refractivity contribution is 5.97. The van der Waals surface area contributed by atoms with E-state index in [0.717, 1.165) is 25.0 Å². The third-order valence-electron chi connectivity index (χ3n) is 3.92. The van der Waals surface area contributed by atoms with E-state index in [9.17, 15) is 22.8 Å². The van der Waals surface area contributed by atoms with Crippen LogP contribution < -0.4 is 5.32 Å². The molecule has 23 heavy (non-hydrogen) atoms. The summed E-state index contributed by atoms with van der Waals surface area (Å²) in [6, 6.07) is 3.52. The molecule has 1 unspecified atom stereocenters.